The Morgan fingerprint density at radius 1 is 1.06 bits per heavy atom. The van der Waals surface area contributed by atoms with Gasteiger partial charge < -0.3 is 24.8 Å². The van der Waals surface area contributed by atoms with Crippen LogP contribution in [-0.2, 0) is 11.2 Å². The van der Waals surface area contributed by atoms with Gasteiger partial charge in [-0.05, 0) is 58.1 Å². The van der Waals surface area contributed by atoms with Gasteiger partial charge in [0, 0.05) is 38.4 Å². The molecule has 174 valence electrons. The van der Waals surface area contributed by atoms with Crippen LogP contribution in [0.3, 0.4) is 0 Å². The summed E-state index contributed by atoms with van der Waals surface area (Å²) in [5, 5.41) is 2.88. The molecule has 1 aliphatic heterocycles. The van der Waals surface area contributed by atoms with E-state index >= 15 is 0 Å². The highest BCUT2D eigenvalue weighted by atomic mass is 19.1. The summed E-state index contributed by atoms with van der Waals surface area (Å²) in [7, 11) is 3.96. The number of carbonyl (C=O) groups excluding carboxylic acids is 1. The Balaban J connectivity index is 1.65. The minimum atomic E-state index is -0.340. The van der Waals surface area contributed by atoms with Gasteiger partial charge in [-0.1, -0.05) is 30.3 Å². The molecule has 1 aliphatic rings. The van der Waals surface area contributed by atoms with E-state index in [0.29, 0.717) is 37.6 Å². The van der Waals surface area contributed by atoms with E-state index in [1.54, 1.807) is 17.0 Å². The minimum absolute atomic E-state index is 0.0485. The van der Waals surface area contributed by atoms with Crippen molar-refractivity contribution in [3.63, 3.8) is 0 Å². The first-order valence-corrected chi connectivity index (χ1v) is 11.3. The number of amides is 2. The molecule has 3 rings (SSSR count). The van der Waals surface area contributed by atoms with Gasteiger partial charge in [-0.15, -0.1) is 0 Å². The molecule has 1 saturated heterocycles. The number of benzene rings is 2. The largest absolute Gasteiger partial charge is 0.372 e. The zero-order valence-corrected chi connectivity index (χ0v) is 19.6. The molecule has 6 nitrogen and oxygen atoms in total. The zero-order valence-electron chi connectivity index (χ0n) is 19.6. The summed E-state index contributed by atoms with van der Waals surface area (Å²) in [6.07, 6.45) is 0.863. The van der Waals surface area contributed by atoms with Crippen LogP contribution in [0.1, 0.15) is 19.4 Å². The standard InChI is InChI=1S/C25H35FN4O2/c1-19-17-30(18-20(2)32-19)24-11-10-22(16-23(24)26)27-25(31)29(15-14-28(3)4)13-12-21-8-6-5-7-9-21/h5-11,16,19-20H,12-15,17-18H2,1-4H3,(H,27,31)/t19-,20+. The first-order valence-electron chi connectivity index (χ1n) is 11.3. The van der Waals surface area contributed by atoms with Crippen LogP contribution in [0.5, 0.6) is 0 Å². The molecule has 2 aromatic carbocycles. The number of halogens is 1. The van der Waals surface area contributed by atoms with Gasteiger partial charge in [-0.3, -0.25) is 0 Å². The Bertz CT molecular complexity index is 868. The van der Waals surface area contributed by atoms with Crippen molar-refractivity contribution in [3.8, 4) is 0 Å². The quantitative estimate of drug-likeness (QED) is 0.669. The van der Waals surface area contributed by atoms with Crippen molar-refractivity contribution < 1.29 is 13.9 Å². The summed E-state index contributed by atoms with van der Waals surface area (Å²) in [4.78, 5) is 18.8. The van der Waals surface area contributed by atoms with Gasteiger partial charge in [-0.25, -0.2) is 9.18 Å². The number of morpholine rings is 1. The average molecular weight is 443 g/mol. The molecular weight excluding hydrogens is 407 g/mol. The van der Waals surface area contributed by atoms with Crippen molar-refractivity contribution >= 4 is 17.4 Å². The number of nitrogens with one attached hydrogen (secondary N) is 1. The fourth-order valence-electron chi connectivity index (χ4n) is 3.96. The van der Waals surface area contributed by atoms with E-state index < -0.39 is 0 Å². The Morgan fingerprint density at radius 2 is 1.75 bits per heavy atom. The topological polar surface area (TPSA) is 48.1 Å². The van der Waals surface area contributed by atoms with Gasteiger partial charge in [0.25, 0.3) is 0 Å². The minimum Gasteiger partial charge on any atom is -0.372 e. The van der Waals surface area contributed by atoms with Crippen molar-refractivity contribution in [1.82, 2.24) is 9.80 Å². The molecule has 0 radical (unpaired) electrons. The molecule has 1 fully saturated rings. The molecule has 2 atom stereocenters. The fraction of sp³-hybridized carbons (Fsp3) is 0.480. The smallest absolute Gasteiger partial charge is 0.321 e. The number of urea groups is 1. The van der Waals surface area contributed by atoms with E-state index in [1.165, 1.54) is 11.6 Å². The van der Waals surface area contributed by atoms with Crippen molar-refractivity contribution in [3.05, 3.63) is 59.9 Å². The molecule has 1 heterocycles. The van der Waals surface area contributed by atoms with Crippen LogP contribution in [-0.4, -0.2) is 74.9 Å². The normalized spacial score (nSPS) is 18.6. The van der Waals surface area contributed by atoms with E-state index in [9.17, 15) is 9.18 Å². The summed E-state index contributed by atoms with van der Waals surface area (Å²) in [5.74, 6) is -0.340. The highest BCUT2D eigenvalue weighted by Crippen LogP contribution is 2.26. The second kappa shape index (κ2) is 11.3. The molecule has 2 aromatic rings. The lowest BCUT2D eigenvalue weighted by molar-refractivity contribution is -0.00539. The van der Waals surface area contributed by atoms with E-state index in [2.05, 4.69) is 17.4 Å². The van der Waals surface area contributed by atoms with Gasteiger partial charge in [0.15, 0.2) is 0 Å². The fourth-order valence-corrected chi connectivity index (χ4v) is 3.96. The summed E-state index contributed by atoms with van der Waals surface area (Å²) in [6, 6.07) is 14.8. The second-order valence-electron chi connectivity index (χ2n) is 8.78. The third-order valence-electron chi connectivity index (χ3n) is 5.58. The molecule has 0 saturated carbocycles. The monoisotopic (exact) mass is 442 g/mol. The van der Waals surface area contributed by atoms with Crippen molar-refractivity contribution in [2.24, 2.45) is 0 Å². The van der Waals surface area contributed by atoms with Gasteiger partial charge in [0.2, 0.25) is 0 Å². The predicted octanol–water partition coefficient (Wildman–Crippen LogP) is 4.08. The molecule has 0 aliphatic carbocycles. The van der Waals surface area contributed by atoms with Gasteiger partial charge in [0.1, 0.15) is 5.82 Å². The SMILES string of the molecule is C[C@@H]1CN(c2ccc(NC(=O)N(CCc3ccccc3)CCN(C)C)cc2F)C[C@H](C)O1. The molecule has 1 N–H and O–H groups in total. The maximum absolute atomic E-state index is 14.9. The third-order valence-corrected chi connectivity index (χ3v) is 5.58. The second-order valence-corrected chi connectivity index (χ2v) is 8.78. The molecule has 7 heteroatoms. The molecule has 0 bridgehead atoms. The molecular formula is C25H35FN4O2. The molecule has 32 heavy (non-hydrogen) atoms. The summed E-state index contributed by atoms with van der Waals surface area (Å²) in [6.45, 7) is 7.21. The van der Waals surface area contributed by atoms with Gasteiger partial charge >= 0.3 is 6.03 Å². The van der Waals surface area contributed by atoms with Crippen LogP contribution in [0.15, 0.2) is 48.5 Å². The molecule has 0 spiro atoms. The average Bonchev–Trinajstić information content (AvgIpc) is 2.73. The van der Waals surface area contributed by atoms with Crippen LogP contribution in [0.2, 0.25) is 0 Å². The lowest BCUT2D eigenvalue weighted by Crippen LogP contribution is -2.45. The van der Waals surface area contributed by atoms with E-state index in [1.807, 2.05) is 55.9 Å². The maximum Gasteiger partial charge on any atom is 0.321 e. The summed E-state index contributed by atoms with van der Waals surface area (Å²) < 4.78 is 20.7. The van der Waals surface area contributed by atoms with E-state index in [0.717, 1.165) is 13.0 Å². The summed E-state index contributed by atoms with van der Waals surface area (Å²) in [5.41, 5.74) is 2.18. The number of ether oxygens (including phenoxy) is 1. The number of likely N-dealkylation sites (N-methyl/N-ethyl adjacent to an activating group) is 1. The Labute approximate surface area is 190 Å². The van der Waals surface area contributed by atoms with Crippen LogP contribution in [0, 0.1) is 5.82 Å². The lowest BCUT2D eigenvalue weighted by Gasteiger charge is -2.37. The number of hydrogen-bond donors (Lipinski definition) is 1. The number of rotatable bonds is 8. The van der Waals surface area contributed by atoms with E-state index in [-0.39, 0.29) is 24.1 Å². The van der Waals surface area contributed by atoms with Crippen LogP contribution in [0.25, 0.3) is 0 Å². The lowest BCUT2D eigenvalue weighted by atomic mass is 10.1. The molecule has 0 unspecified atom stereocenters. The number of nitrogens with zero attached hydrogens (tertiary/aromatic N) is 3. The number of hydrogen-bond acceptors (Lipinski definition) is 4. The Morgan fingerprint density at radius 3 is 2.38 bits per heavy atom. The molecule has 2 amide bonds. The Kier molecular flexibility index (Phi) is 8.47. The van der Waals surface area contributed by atoms with Gasteiger partial charge in [0.05, 0.1) is 17.9 Å². The summed E-state index contributed by atoms with van der Waals surface area (Å²) >= 11 is 0. The van der Waals surface area contributed by atoms with Crippen molar-refractivity contribution in [2.75, 3.05) is 57.0 Å². The van der Waals surface area contributed by atoms with Crippen LogP contribution >= 0.6 is 0 Å². The molecule has 0 aromatic heterocycles. The highest BCUT2D eigenvalue weighted by molar-refractivity contribution is 5.89. The maximum atomic E-state index is 14.9. The first-order chi connectivity index (χ1) is 15.3. The van der Waals surface area contributed by atoms with Crippen molar-refractivity contribution in [1.29, 1.82) is 0 Å². The van der Waals surface area contributed by atoms with Crippen molar-refractivity contribution in [2.45, 2.75) is 32.5 Å². The van der Waals surface area contributed by atoms with E-state index in [4.69, 9.17) is 4.74 Å². The Hall–Kier alpha value is -2.64. The van der Waals surface area contributed by atoms with Gasteiger partial charge in [-0.2, -0.15) is 0 Å². The van der Waals surface area contributed by atoms with Crippen LogP contribution in [0.4, 0.5) is 20.6 Å². The highest BCUT2D eigenvalue weighted by Gasteiger charge is 2.24. The first kappa shape index (κ1) is 24.0. The predicted molar refractivity (Wildman–Crippen MR) is 128 cm³/mol. The number of carbonyl (C=O) groups is 1. The van der Waals surface area contributed by atoms with Crippen LogP contribution < -0.4 is 10.2 Å². The third kappa shape index (κ3) is 6.93. The number of anilines is 2. The zero-order chi connectivity index (χ0) is 23.1.